The molecule has 0 fully saturated rings. The van der Waals surface area contributed by atoms with Gasteiger partial charge in [-0.05, 0) is 36.2 Å². The summed E-state index contributed by atoms with van der Waals surface area (Å²) in [5.74, 6) is 0.166. The van der Waals surface area contributed by atoms with Gasteiger partial charge in [-0.1, -0.05) is 17.3 Å². The second-order valence-electron chi connectivity index (χ2n) is 4.94. The SMILES string of the molecule is O=C(Nc1ccc(CCO)cc1)c1cc(-c2ccncc2)on1. The summed E-state index contributed by atoms with van der Waals surface area (Å²) in [5, 5.41) is 15.4. The van der Waals surface area contributed by atoms with Gasteiger partial charge in [0.15, 0.2) is 11.5 Å². The van der Waals surface area contributed by atoms with Crippen LogP contribution in [-0.2, 0) is 6.42 Å². The highest BCUT2D eigenvalue weighted by Gasteiger charge is 2.13. The molecular weight excluding hydrogens is 294 g/mol. The van der Waals surface area contributed by atoms with Gasteiger partial charge in [0.25, 0.3) is 5.91 Å². The lowest BCUT2D eigenvalue weighted by Gasteiger charge is -2.04. The summed E-state index contributed by atoms with van der Waals surface area (Å²) in [4.78, 5) is 16.1. The lowest BCUT2D eigenvalue weighted by molar-refractivity contribution is 0.101. The molecule has 2 heterocycles. The van der Waals surface area contributed by atoms with Crippen molar-refractivity contribution >= 4 is 11.6 Å². The summed E-state index contributed by atoms with van der Waals surface area (Å²) in [5.41, 5.74) is 2.67. The quantitative estimate of drug-likeness (QED) is 0.756. The molecule has 1 amide bonds. The third-order valence-electron chi connectivity index (χ3n) is 3.32. The van der Waals surface area contributed by atoms with E-state index in [4.69, 9.17) is 9.63 Å². The van der Waals surface area contributed by atoms with Crippen molar-refractivity contribution < 1.29 is 14.4 Å². The van der Waals surface area contributed by atoms with E-state index in [1.807, 2.05) is 12.1 Å². The molecule has 0 aliphatic rings. The predicted octanol–water partition coefficient (Wildman–Crippen LogP) is 2.52. The van der Waals surface area contributed by atoms with E-state index in [0.717, 1.165) is 11.1 Å². The topological polar surface area (TPSA) is 88.2 Å². The largest absolute Gasteiger partial charge is 0.396 e. The number of hydrogen-bond donors (Lipinski definition) is 2. The van der Waals surface area contributed by atoms with Crippen LogP contribution in [0.2, 0.25) is 0 Å². The number of benzene rings is 1. The number of aliphatic hydroxyl groups is 1. The fraction of sp³-hybridized carbons (Fsp3) is 0.118. The van der Waals surface area contributed by atoms with Crippen LogP contribution in [-0.4, -0.2) is 27.8 Å². The summed E-state index contributed by atoms with van der Waals surface area (Å²) in [6, 6.07) is 12.4. The summed E-state index contributed by atoms with van der Waals surface area (Å²) < 4.78 is 5.19. The Morgan fingerprint density at radius 1 is 1.13 bits per heavy atom. The van der Waals surface area contributed by atoms with E-state index in [1.165, 1.54) is 0 Å². The third kappa shape index (κ3) is 3.61. The molecule has 0 aliphatic carbocycles. The molecular formula is C17H15N3O3. The second-order valence-corrected chi connectivity index (χ2v) is 4.94. The number of rotatable bonds is 5. The molecule has 0 saturated carbocycles. The lowest BCUT2D eigenvalue weighted by atomic mass is 10.1. The van der Waals surface area contributed by atoms with Crippen molar-refractivity contribution in [2.75, 3.05) is 11.9 Å². The highest BCUT2D eigenvalue weighted by atomic mass is 16.5. The number of nitrogens with one attached hydrogen (secondary N) is 1. The maximum atomic E-state index is 12.2. The zero-order valence-corrected chi connectivity index (χ0v) is 12.3. The van der Waals surface area contributed by atoms with Crippen LogP contribution >= 0.6 is 0 Å². The molecule has 1 aromatic carbocycles. The highest BCUT2D eigenvalue weighted by molar-refractivity contribution is 6.03. The number of pyridine rings is 1. The minimum atomic E-state index is -0.344. The van der Waals surface area contributed by atoms with Crippen LogP contribution in [0.15, 0.2) is 59.4 Å². The highest BCUT2D eigenvalue weighted by Crippen LogP contribution is 2.20. The van der Waals surface area contributed by atoms with Crippen LogP contribution in [0.1, 0.15) is 16.1 Å². The number of aromatic nitrogens is 2. The van der Waals surface area contributed by atoms with Crippen LogP contribution < -0.4 is 5.32 Å². The van der Waals surface area contributed by atoms with Gasteiger partial charge < -0.3 is 14.9 Å². The second kappa shape index (κ2) is 6.85. The average molecular weight is 309 g/mol. The molecule has 3 rings (SSSR count). The summed E-state index contributed by atoms with van der Waals surface area (Å²) in [7, 11) is 0. The number of hydrogen-bond acceptors (Lipinski definition) is 5. The molecule has 0 saturated heterocycles. The standard InChI is InChI=1S/C17H15N3O3/c21-10-7-12-1-3-14(4-2-12)19-17(22)15-11-16(23-20-15)13-5-8-18-9-6-13/h1-6,8-9,11,21H,7,10H2,(H,19,22). The van der Waals surface area contributed by atoms with E-state index < -0.39 is 0 Å². The van der Waals surface area contributed by atoms with E-state index in [1.54, 1.807) is 42.7 Å². The molecule has 116 valence electrons. The van der Waals surface area contributed by atoms with E-state index in [9.17, 15) is 4.79 Å². The fourth-order valence-corrected chi connectivity index (χ4v) is 2.11. The maximum absolute atomic E-state index is 12.2. The molecule has 6 nitrogen and oxygen atoms in total. The van der Waals surface area contributed by atoms with Crippen molar-refractivity contribution in [2.45, 2.75) is 6.42 Å². The molecule has 2 aromatic heterocycles. The number of anilines is 1. The molecule has 0 spiro atoms. The fourth-order valence-electron chi connectivity index (χ4n) is 2.11. The van der Waals surface area contributed by atoms with Crippen molar-refractivity contribution in [1.29, 1.82) is 0 Å². The van der Waals surface area contributed by atoms with Crippen LogP contribution in [0.3, 0.4) is 0 Å². The normalized spacial score (nSPS) is 10.5. The molecule has 0 bridgehead atoms. The first kappa shape index (κ1) is 14.9. The van der Waals surface area contributed by atoms with Crippen molar-refractivity contribution in [1.82, 2.24) is 10.1 Å². The lowest BCUT2D eigenvalue weighted by Crippen LogP contribution is -2.12. The Morgan fingerprint density at radius 2 is 1.87 bits per heavy atom. The van der Waals surface area contributed by atoms with Gasteiger partial charge >= 0.3 is 0 Å². The first-order chi connectivity index (χ1) is 11.3. The van der Waals surface area contributed by atoms with Crippen molar-refractivity contribution in [3.63, 3.8) is 0 Å². The zero-order valence-electron chi connectivity index (χ0n) is 12.3. The first-order valence-electron chi connectivity index (χ1n) is 7.14. The van der Waals surface area contributed by atoms with Gasteiger partial charge in [0.2, 0.25) is 0 Å². The van der Waals surface area contributed by atoms with E-state index in [-0.39, 0.29) is 18.2 Å². The number of nitrogens with zero attached hydrogens (tertiary/aromatic N) is 2. The Kier molecular flexibility index (Phi) is 4.44. The molecule has 0 atom stereocenters. The van der Waals surface area contributed by atoms with E-state index in [2.05, 4.69) is 15.5 Å². The van der Waals surface area contributed by atoms with Crippen LogP contribution in [0, 0.1) is 0 Å². The molecule has 0 unspecified atom stereocenters. The number of aliphatic hydroxyl groups excluding tert-OH is 1. The van der Waals surface area contributed by atoms with Gasteiger partial charge in [-0.3, -0.25) is 9.78 Å². The predicted molar refractivity (Wildman–Crippen MR) is 84.9 cm³/mol. The Morgan fingerprint density at radius 3 is 2.57 bits per heavy atom. The van der Waals surface area contributed by atoms with Gasteiger partial charge in [-0.15, -0.1) is 0 Å². The zero-order chi connectivity index (χ0) is 16.1. The summed E-state index contributed by atoms with van der Waals surface area (Å²) in [6.45, 7) is 0.0996. The first-order valence-corrected chi connectivity index (χ1v) is 7.14. The van der Waals surface area contributed by atoms with Crippen molar-refractivity contribution in [2.24, 2.45) is 0 Å². The number of amides is 1. The smallest absolute Gasteiger partial charge is 0.277 e. The maximum Gasteiger partial charge on any atom is 0.277 e. The Bertz CT molecular complexity index is 782. The van der Waals surface area contributed by atoms with E-state index >= 15 is 0 Å². The van der Waals surface area contributed by atoms with E-state index in [0.29, 0.717) is 17.9 Å². The minimum absolute atomic E-state index is 0.0996. The summed E-state index contributed by atoms with van der Waals surface area (Å²) >= 11 is 0. The molecule has 6 heteroatoms. The third-order valence-corrected chi connectivity index (χ3v) is 3.32. The van der Waals surface area contributed by atoms with Crippen LogP contribution in [0.5, 0.6) is 0 Å². The van der Waals surface area contributed by atoms with Crippen LogP contribution in [0.25, 0.3) is 11.3 Å². The number of carbonyl (C=O) groups is 1. The monoisotopic (exact) mass is 309 g/mol. The molecule has 2 N–H and O–H groups in total. The minimum Gasteiger partial charge on any atom is -0.396 e. The Balaban J connectivity index is 1.70. The van der Waals surface area contributed by atoms with Crippen molar-refractivity contribution in [3.05, 3.63) is 66.1 Å². The Hall–Kier alpha value is -2.99. The Labute approximate surface area is 132 Å². The summed E-state index contributed by atoms with van der Waals surface area (Å²) in [6.07, 6.45) is 3.88. The molecule has 23 heavy (non-hydrogen) atoms. The van der Waals surface area contributed by atoms with Gasteiger partial charge in [0, 0.05) is 36.3 Å². The molecule has 3 aromatic rings. The van der Waals surface area contributed by atoms with Crippen molar-refractivity contribution in [3.8, 4) is 11.3 Å². The van der Waals surface area contributed by atoms with Crippen LogP contribution in [0.4, 0.5) is 5.69 Å². The van der Waals surface area contributed by atoms with Gasteiger partial charge in [-0.2, -0.15) is 0 Å². The average Bonchev–Trinajstić information content (AvgIpc) is 3.08. The molecule has 0 radical (unpaired) electrons. The molecule has 0 aliphatic heterocycles. The van der Waals surface area contributed by atoms with Gasteiger partial charge in [-0.25, -0.2) is 0 Å². The van der Waals surface area contributed by atoms with Gasteiger partial charge in [0.1, 0.15) is 0 Å². The number of carbonyl (C=O) groups excluding carboxylic acids is 1. The van der Waals surface area contributed by atoms with Gasteiger partial charge in [0.05, 0.1) is 0 Å².